The summed E-state index contributed by atoms with van der Waals surface area (Å²) < 4.78 is 2.52. The molecule has 36 heavy (non-hydrogen) atoms. The molecule has 3 aliphatic heterocycles. The molecule has 1 amide bonds. The molecule has 1 atom stereocenters. The highest BCUT2D eigenvalue weighted by Gasteiger charge is 2.32. The Morgan fingerprint density at radius 2 is 1.69 bits per heavy atom. The number of likely N-dealkylation sites (tertiary alicyclic amines) is 1. The molecule has 1 unspecified atom stereocenters. The van der Waals surface area contributed by atoms with E-state index in [0.29, 0.717) is 24.1 Å². The van der Waals surface area contributed by atoms with Crippen molar-refractivity contribution < 1.29 is 4.79 Å². The fourth-order valence-electron chi connectivity index (χ4n) is 6.91. The number of imidazole rings is 1. The summed E-state index contributed by atoms with van der Waals surface area (Å²) in [4.78, 5) is 31.4. The van der Waals surface area contributed by atoms with Gasteiger partial charge < -0.3 is 19.7 Å². The number of aromatic nitrogens is 4. The molecule has 2 aromatic rings. The topological polar surface area (TPSA) is 79.2 Å². The normalized spacial score (nSPS) is 24.2. The van der Waals surface area contributed by atoms with Crippen molar-refractivity contribution in [3.8, 4) is 0 Å². The first-order valence-electron chi connectivity index (χ1n) is 14.3. The van der Waals surface area contributed by atoms with E-state index in [4.69, 9.17) is 4.98 Å². The summed E-state index contributed by atoms with van der Waals surface area (Å²) in [6.07, 6.45) is 16.1. The van der Waals surface area contributed by atoms with Crippen LogP contribution in [0.3, 0.4) is 0 Å². The molecule has 6 rings (SSSR count). The fourth-order valence-corrected chi connectivity index (χ4v) is 6.91. The molecular formula is C28H41N7O. The number of nitrogens with zero attached hydrogens (tertiary/aromatic N) is 6. The van der Waals surface area contributed by atoms with Gasteiger partial charge in [-0.2, -0.15) is 0 Å². The van der Waals surface area contributed by atoms with Gasteiger partial charge in [0.15, 0.2) is 0 Å². The number of hydrogen-bond acceptors (Lipinski definition) is 6. The molecule has 0 aromatic carbocycles. The Bertz CT molecular complexity index is 1060. The predicted molar refractivity (Wildman–Crippen MR) is 142 cm³/mol. The van der Waals surface area contributed by atoms with Gasteiger partial charge in [-0.25, -0.2) is 15.0 Å². The molecule has 194 valence electrons. The van der Waals surface area contributed by atoms with Crippen molar-refractivity contribution in [3.63, 3.8) is 0 Å². The summed E-state index contributed by atoms with van der Waals surface area (Å²) in [7, 11) is 0. The number of fused-ring (bicyclic) bond motifs is 1. The summed E-state index contributed by atoms with van der Waals surface area (Å²) in [6.45, 7) is 8.75. The lowest BCUT2D eigenvalue weighted by Gasteiger charge is -2.35. The zero-order chi connectivity index (χ0) is 24.5. The van der Waals surface area contributed by atoms with Crippen molar-refractivity contribution in [1.29, 1.82) is 0 Å². The maximum Gasteiger partial charge on any atom is 0.226 e. The van der Waals surface area contributed by atoms with Crippen LogP contribution in [0.2, 0.25) is 0 Å². The molecule has 4 aliphatic rings. The van der Waals surface area contributed by atoms with Crippen LogP contribution < -0.4 is 10.2 Å². The quantitative estimate of drug-likeness (QED) is 0.634. The zero-order valence-electron chi connectivity index (χ0n) is 21.8. The van der Waals surface area contributed by atoms with Crippen molar-refractivity contribution >= 4 is 17.5 Å². The minimum atomic E-state index is 0.0490. The minimum absolute atomic E-state index is 0.0490. The second-order valence-corrected chi connectivity index (χ2v) is 11.5. The lowest BCUT2D eigenvalue weighted by atomic mass is 9.87. The average molecular weight is 492 g/mol. The number of amides is 1. The van der Waals surface area contributed by atoms with Crippen molar-refractivity contribution in [2.45, 2.75) is 95.4 Å². The molecular weight excluding hydrogens is 450 g/mol. The van der Waals surface area contributed by atoms with Gasteiger partial charge in [-0.05, 0) is 57.5 Å². The van der Waals surface area contributed by atoms with E-state index < -0.39 is 0 Å². The van der Waals surface area contributed by atoms with Gasteiger partial charge in [0.05, 0.1) is 5.69 Å². The first kappa shape index (κ1) is 23.9. The van der Waals surface area contributed by atoms with Crippen LogP contribution in [-0.2, 0) is 11.3 Å². The zero-order valence-corrected chi connectivity index (χ0v) is 21.8. The smallest absolute Gasteiger partial charge is 0.226 e. The number of rotatable bonds is 6. The van der Waals surface area contributed by atoms with Crippen LogP contribution in [0.4, 0.5) is 11.6 Å². The van der Waals surface area contributed by atoms with Crippen molar-refractivity contribution in [3.05, 3.63) is 29.6 Å². The third-order valence-electron chi connectivity index (χ3n) is 8.97. The summed E-state index contributed by atoms with van der Waals surface area (Å²) in [5.74, 6) is 4.35. The van der Waals surface area contributed by atoms with E-state index >= 15 is 0 Å². The number of carbonyl (C=O) groups is 1. The second kappa shape index (κ2) is 10.5. The van der Waals surface area contributed by atoms with Crippen LogP contribution in [0.5, 0.6) is 0 Å². The lowest BCUT2D eigenvalue weighted by Crippen LogP contribution is -2.36. The van der Waals surface area contributed by atoms with Crippen LogP contribution in [0.15, 0.2) is 12.5 Å². The van der Waals surface area contributed by atoms with Crippen LogP contribution in [0, 0.1) is 0 Å². The summed E-state index contributed by atoms with van der Waals surface area (Å²) in [5.41, 5.74) is 2.45. The molecule has 8 nitrogen and oxygen atoms in total. The van der Waals surface area contributed by atoms with Gasteiger partial charge in [0.2, 0.25) is 5.91 Å². The number of carbonyl (C=O) groups excluding carboxylic acids is 1. The van der Waals surface area contributed by atoms with Crippen LogP contribution in [0.25, 0.3) is 0 Å². The van der Waals surface area contributed by atoms with Gasteiger partial charge in [-0.15, -0.1) is 0 Å². The monoisotopic (exact) mass is 491 g/mol. The molecule has 0 bridgehead atoms. The highest BCUT2D eigenvalue weighted by atomic mass is 16.1. The van der Waals surface area contributed by atoms with Gasteiger partial charge in [0, 0.05) is 56.2 Å². The van der Waals surface area contributed by atoms with Crippen LogP contribution in [0.1, 0.15) is 106 Å². The Kier molecular flexibility index (Phi) is 6.96. The SMILES string of the molecule is CC1CC(=O)Nc2ncnc(N3CCC(c4nc(C5CCCCC5)cn4CCN4CCCC4)CC3)c21. The van der Waals surface area contributed by atoms with Crippen LogP contribution in [-0.4, -0.2) is 63.0 Å². The molecule has 5 heterocycles. The molecule has 1 N–H and O–H groups in total. The Hall–Kier alpha value is -2.48. The highest BCUT2D eigenvalue weighted by molar-refractivity contribution is 5.94. The number of nitrogens with one attached hydrogen (secondary N) is 1. The van der Waals surface area contributed by atoms with E-state index in [1.54, 1.807) is 6.33 Å². The molecule has 3 fully saturated rings. The van der Waals surface area contributed by atoms with Gasteiger partial charge in [-0.3, -0.25) is 4.79 Å². The molecule has 2 aromatic heterocycles. The maximum absolute atomic E-state index is 12.0. The van der Waals surface area contributed by atoms with Gasteiger partial charge in [0.25, 0.3) is 0 Å². The van der Waals surface area contributed by atoms with Crippen LogP contribution >= 0.6 is 0 Å². The summed E-state index contributed by atoms with van der Waals surface area (Å²) in [5, 5.41) is 2.95. The van der Waals surface area contributed by atoms with E-state index in [0.717, 1.165) is 50.4 Å². The van der Waals surface area contributed by atoms with Gasteiger partial charge in [0.1, 0.15) is 23.8 Å². The van der Waals surface area contributed by atoms with E-state index in [1.165, 1.54) is 69.6 Å². The third kappa shape index (κ3) is 4.89. The molecule has 8 heteroatoms. The summed E-state index contributed by atoms with van der Waals surface area (Å²) in [6, 6.07) is 0. The van der Waals surface area contributed by atoms with Gasteiger partial charge in [-0.1, -0.05) is 26.2 Å². The van der Waals surface area contributed by atoms with E-state index in [9.17, 15) is 4.79 Å². The Morgan fingerprint density at radius 3 is 2.47 bits per heavy atom. The minimum Gasteiger partial charge on any atom is -0.356 e. The molecule has 1 aliphatic carbocycles. The van der Waals surface area contributed by atoms with Crippen molar-refractivity contribution in [2.75, 3.05) is 42.9 Å². The number of hydrogen-bond donors (Lipinski definition) is 1. The largest absolute Gasteiger partial charge is 0.356 e. The maximum atomic E-state index is 12.0. The van der Waals surface area contributed by atoms with Gasteiger partial charge >= 0.3 is 0 Å². The highest BCUT2D eigenvalue weighted by Crippen LogP contribution is 2.39. The van der Waals surface area contributed by atoms with Crippen molar-refractivity contribution in [1.82, 2.24) is 24.4 Å². The molecule has 0 spiro atoms. The first-order chi connectivity index (χ1) is 17.7. The Balaban J connectivity index is 1.19. The van der Waals surface area contributed by atoms with E-state index in [2.05, 4.69) is 42.8 Å². The average Bonchev–Trinajstić information content (AvgIpc) is 3.58. The number of piperidine rings is 1. The standard InChI is InChI=1S/C28H41N7O/c1-20-17-24(36)32-26-25(20)28(30-19-29-26)34-13-9-22(10-14-34)27-31-23(21-7-3-2-4-8-21)18-35(27)16-15-33-11-5-6-12-33/h18-22H,2-17H2,1H3,(H,29,30,32,36). The predicted octanol–water partition coefficient (Wildman–Crippen LogP) is 4.65. The summed E-state index contributed by atoms with van der Waals surface area (Å²) >= 11 is 0. The molecule has 1 saturated carbocycles. The lowest BCUT2D eigenvalue weighted by molar-refractivity contribution is -0.116. The Morgan fingerprint density at radius 1 is 0.917 bits per heavy atom. The fraction of sp³-hybridized carbons (Fsp3) is 0.714. The third-order valence-corrected chi connectivity index (χ3v) is 8.97. The van der Waals surface area contributed by atoms with Crippen molar-refractivity contribution in [2.24, 2.45) is 0 Å². The van der Waals surface area contributed by atoms with E-state index in [1.807, 2.05) is 0 Å². The second-order valence-electron chi connectivity index (χ2n) is 11.5. The Labute approximate surface area is 214 Å². The van der Waals surface area contributed by atoms with E-state index in [-0.39, 0.29) is 11.8 Å². The first-order valence-corrected chi connectivity index (χ1v) is 14.3. The molecule has 0 radical (unpaired) electrons. The number of anilines is 2. The molecule has 2 saturated heterocycles.